The van der Waals surface area contributed by atoms with E-state index in [0.717, 1.165) is 0 Å². The van der Waals surface area contributed by atoms with Gasteiger partial charge in [0.2, 0.25) is 0 Å². The van der Waals surface area contributed by atoms with Crippen molar-refractivity contribution >= 4 is 11.6 Å². The molecule has 0 aliphatic carbocycles. The maximum absolute atomic E-state index is 13.9. The largest absolute Gasteiger partial charge is 0.306 e. The Balaban J connectivity index is 2.54. The molecule has 0 aromatic heterocycles. The summed E-state index contributed by atoms with van der Waals surface area (Å²) in [5, 5.41) is 3.45. The maximum Gasteiger partial charge on any atom is 0.134 e. The number of hydrogen-bond acceptors (Lipinski definition) is 1. The Morgan fingerprint density at radius 1 is 1.10 bits per heavy atom. The van der Waals surface area contributed by atoms with E-state index >= 15 is 0 Å². The summed E-state index contributed by atoms with van der Waals surface area (Å²) in [7, 11) is 0. The lowest BCUT2D eigenvalue weighted by atomic mass is 9.97. The third-order valence-corrected chi connectivity index (χ3v) is 3.16. The van der Waals surface area contributed by atoms with Crippen LogP contribution in [-0.4, -0.2) is 6.54 Å². The molecule has 1 nitrogen and oxygen atoms in total. The first-order valence-corrected chi connectivity index (χ1v) is 6.54. The van der Waals surface area contributed by atoms with Crippen LogP contribution in [0.15, 0.2) is 36.4 Å². The summed E-state index contributed by atoms with van der Waals surface area (Å²) in [4.78, 5) is 0. The zero-order chi connectivity index (χ0) is 14.7. The molecule has 0 aliphatic rings. The van der Waals surface area contributed by atoms with Gasteiger partial charge in [-0.3, -0.25) is 0 Å². The third-order valence-electron chi connectivity index (χ3n) is 2.92. The molecular weight excluding hydrogens is 287 g/mol. The van der Waals surface area contributed by atoms with Crippen molar-refractivity contribution < 1.29 is 13.2 Å². The molecule has 0 heterocycles. The van der Waals surface area contributed by atoms with E-state index in [0.29, 0.717) is 29.3 Å². The molecule has 2 aromatic carbocycles. The zero-order valence-electron chi connectivity index (χ0n) is 10.8. The number of nitrogens with one attached hydrogen (secondary N) is 1. The summed E-state index contributed by atoms with van der Waals surface area (Å²) in [6.45, 7) is 2.31. The first kappa shape index (κ1) is 14.9. The Labute approximate surface area is 120 Å². The molecule has 0 spiro atoms. The van der Waals surface area contributed by atoms with Gasteiger partial charge in [-0.15, -0.1) is 0 Å². The van der Waals surface area contributed by atoms with Gasteiger partial charge in [0, 0.05) is 22.7 Å². The SMILES string of the molecule is CCNC(c1cccc(Cl)c1)c1c(F)cc(F)cc1F. The predicted molar refractivity (Wildman–Crippen MR) is 73.3 cm³/mol. The molecule has 0 amide bonds. The number of halogens is 4. The lowest BCUT2D eigenvalue weighted by molar-refractivity contribution is 0.492. The van der Waals surface area contributed by atoms with Crippen LogP contribution in [0, 0.1) is 17.5 Å². The van der Waals surface area contributed by atoms with E-state index in [1.54, 1.807) is 24.3 Å². The molecule has 0 fully saturated rings. The average molecular weight is 300 g/mol. The Kier molecular flexibility index (Phi) is 4.68. The Morgan fingerprint density at radius 3 is 2.30 bits per heavy atom. The van der Waals surface area contributed by atoms with Crippen molar-refractivity contribution in [2.75, 3.05) is 6.54 Å². The van der Waals surface area contributed by atoms with Crippen molar-refractivity contribution in [1.29, 1.82) is 0 Å². The minimum absolute atomic E-state index is 0.212. The topological polar surface area (TPSA) is 12.0 Å². The fourth-order valence-corrected chi connectivity index (χ4v) is 2.30. The smallest absolute Gasteiger partial charge is 0.134 e. The quantitative estimate of drug-likeness (QED) is 0.879. The molecule has 20 heavy (non-hydrogen) atoms. The monoisotopic (exact) mass is 299 g/mol. The highest BCUT2D eigenvalue weighted by Crippen LogP contribution is 2.29. The van der Waals surface area contributed by atoms with Gasteiger partial charge in [-0.2, -0.15) is 0 Å². The second kappa shape index (κ2) is 6.29. The van der Waals surface area contributed by atoms with Gasteiger partial charge in [-0.05, 0) is 24.2 Å². The second-order valence-electron chi connectivity index (χ2n) is 4.33. The van der Waals surface area contributed by atoms with Gasteiger partial charge in [-0.1, -0.05) is 30.7 Å². The van der Waals surface area contributed by atoms with Crippen molar-refractivity contribution in [3.05, 3.63) is 70.0 Å². The van der Waals surface area contributed by atoms with E-state index in [1.165, 1.54) is 0 Å². The van der Waals surface area contributed by atoms with Gasteiger partial charge < -0.3 is 5.32 Å². The van der Waals surface area contributed by atoms with Gasteiger partial charge in [-0.25, -0.2) is 13.2 Å². The van der Waals surface area contributed by atoms with Gasteiger partial charge in [0.25, 0.3) is 0 Å². The molecule has 106 valence electrons. The van der Waals surface area contributed by atoms with Crippen LogP contribution in [0.4, 0.5) is 13.2 Å². The Bertz CT molecular complexity index is 593. The summed E-state index contributed by atoms with van der Waals surface area (Å²) in [6, 6.07) is 7.32. The maximum atomic E-state index is 13.9. The molecule has 1 atom stereocenters. The fraction of sp³-hybridized carbons (Fsp3) is 0.200. The normalized spacial score (nSPS) is 12.4. The van der Waals surface area contributed by atoms with E-state index in [9.17, 15) is 13.2 Å². The highest BCUT2D eigenvalue weighted by Gasteiger charge is 2.22. The lowest BCUT2D eigenvalue weighted by Crippen LogP contribution is -2.24. The molecule has 1 unspecified atom stereocenters. The van der Waals surface area contributed by atoms with Crippen molar-refractivity contribution in [2.24, 2.45) is 0 Å². The van der Waals surface area contributed by atoms with Crippen LogP contribution in [0.25, 0.3) is 0 Å². The molecule has 0 aliphatic heterocycles. The molecular formula is C15H13ClF3N. The third kappa shape index (κ3) is 3.14. The highest BCUT2D eigenvalue weighted by molar-refractivity contribution is 6.30. The number of hydrogen-bond donors (Lipinski definition) is 1. The number of rotatable bonds is 4. The average Bonchev–Trinajstić information content (AvgIpc) is 2.36. The summed E-state index contributed by atoms with van der Waals surface area (Å²) in [6.07, 6.45) is 0. The molecule has 0 saturated heterocycles. The summed E-state index contributed by atoms with van der Waals surface area (Å²) < 4.78 is 40.8. The molecule has 0 bridgehead atoms. The number of benzene rings is 2. The highest BCUT2D eigenvalue weighted by atomic mass is 35.5. The summed E-state index contributed by atoms with van der Waals surface area (Å²) in [5.41, 5.74) is 0.402. The van der Waals surface area contributed by atoms with Crippen LogP contribution in [0.2, 0.25) is 5.02 Å². The molecule has 5 heteroatoms. The Hall–Kier alpha value is -1.52. The van der Waals surface area contributed by atoms with Crippen LogP contribution < -0.4 is 5.32 Å². The first-order chi connectivity index (χ1) is 9.52. The first-order valence-electron chi connectivity index (χ1n) is 6.16. The molecule has 2 aromatic rings. The van der Waals surface area contributed by atoms with Crippen molar-refractivity contribution in [1.82, 2.24) is 5.32 Å². The molecule has 1 N–H and O–H groups in total. The predicted octanol–water partition coefficient (Wildman–Crippen LogP) is 4.46. The van der Waals surface area contributed by atoms with Crippen LogP contribution in [0.5, 0.6) is 0 Å². The molecule has 0 radical (unpaired) electrons. The van der Waals surface area contributed by atoms with Gasteiger partial charge in [0.1, 0.15) is 17.5 Å². The van der Waals surface area contributed by atoms with E-state index in [4.69, 9.17) is 11.6 Å². The van der Waals surface area contributed by atoms with E-state index in [2.05, 4.69) is 5.32 Å². The molecule has 0 saturated carbocycles. The van der Waals surface area contributed by atoms with Crippen LogP contribution in [-0.2, 0) is 0 Å². The van der Waals surface area contributed by atoms with Gasteiger partial charge >= 0.3 is 0 Å². The molecule has 2 rings (SSSR count). The summed E-state index contributed by atoms with van der Waals surface area (Å²) >= 11 is 5.91. The van der Waals surface area contributed by atoms with Crippen LogP contribution >= 0.6 is 11.6 Å². The Morgan fingerprint density at radius 2 is 1.75 bits per heavy atom. The minimum atomic E-state index is -0.940. The van der Waals surface area contributed by atoms with Crippen molar-refractivity contribution in [2.45, 2.75) is 13.0 Å². The van der Waals surface area contributed by atoms with E-state index in [-0.39, 0.29) is 5.56 Å². The minimum Gasteiger partial charge on any atom is -0.306 e. The van der Waals surface area contributed by atoms with Crippen LogP contribution in [0.3, 0.4) is 0 Å². The van der Waals surface area contributed by atoms with Gasteiger partial charge in [0.15, 0.2) is 0 Å². The van der Waals surface area contributed by atoms with Crippen molar-refractivity contribution in [3.63, 3.8) is 0 Å². The second-order valence-corrected chi connectivity index (χ2v) is 4.77. The van der Waals surface area contributed by atoms with E-state index in [1.807, 2.05) is 6.92 Å². The summed E-state index contributed by atoms with van der Waals surface area (Å²) in [5.74, 6) is -2.79. The van der Waals surface area contributed by atoms with Crippen LogP contribution in [0.1, 0.15) is 24.1 Å². The zero-order valence-corrected chi connectivity index (χ0v) is 11.5. The van der Waals surface area contributed by atoms with E-state index < -0.39 is 23.5 Å². The standard InChI is InChI=1S/C15H13ClF3N/c1-2-20-15(9-4-3-5-10(16)6-9)14-12(18)7-11(17)8-13(14)19/h3-8,15,20H,2H2,1H3. The van der Waals surface area contributed by atoms with Crippen molar-refractivity contribution in [3.8, 4) is 0 Å². The fourth-order valence-electron chi connectivity index (χ4n) is 2.11. The van der Waals surface area contributed by atoms with Gasteiger partial charge in [0.05, 0.1) is 6.04 Å². The lowest BCUT2D eigenvalue weighted by Gasteiger charge is -2.20.